The van der Waals surface area contributed by atoms with E-state index < -0.39 is 0 Å². The first kappa shape index (κ1) is 17.8. The minimum atomic E-state index is -0.334. The standard InChI is InChI=1S/C17H14FN5O2S2/c1-10(24)23(12-4-5-12)16-21-22-17(27-16)26-15-19-9-8-14(20-15)25-13-6-2-11(18)3-7-13/h2-3,6-9,12H,4-5H2,1H3. The summed E-state index contributed by atoms with van der Waals surface area (Å²) in [5.74, 6) is 0.452. The van der Waals surface area contributed by atoms with Gasteiger partial charge in [0.1, 0.15) is 11.6 Å². The van der Waals surface area contributed by atoms with Gasteiger partial charge in [0.2, 0.25) is 16.9 Å². The van der Waals surface area contributed by atoms with Gasteiger partial charge in [-0.15, -0.1) is 10.2 Å². The molecule has 1 amide bonds. The maximum Gasteiger partial charge on any atom is 0.225 e. The minimum Gasteiger partial charge on any atom is -0.439 e. The van der Waals surface area contributed by atoms with Crippen molar-refractivity contribution in [3.63, 3.8) is 0 Å². The zero-order valence-corrected chi connectivity index (χ0v) is 15.8. The summed E-state index contributed by atoms with van der Waals surface area (Å²) in [6, 6.07) is 7.52. The van der Waals surface area contributed by atoms with E-state index in [0.29, 0.717) is 26.3 Å². The molecule has 1 fully saturated rings. The molecular formula is C17H14FN5O2S2. The van der Waals surface area contributed by atoms with Gasteiger partial charge in [0, 0.05) is 25.2 Å². The van der Waals surface area contributed by atoms with Crippen LogP contribution in [0.5, 0.6) is 11.6 Å². The molecule has 4 rings (SSSR count). The Kier molecular flexibility index (Phi) is 4.99. The molecule has 1 aromatic carbocycles. The Morgan fingerprint density at radius 2 is 2.04 bits per heavy atom. The fraction of sp³-hybridized carbons (Fsp3) is 0.235. The van der Waals surface area contributed by atoms with E-state index in [-0.39, 0.29) is 17.8 Å². The molecule has 0 N–H and O–H groups in total. The van der Waals surface area contributed by atoms with Crippen molar-refractivity contribution in [2.75, 3.05) is 4.90 Å². The normalized spacial score (nSPS) is 13.4. The fourth-order valence-electron chi connectivity index (χ4n) is 2.35. The third-order valence-corrected chi connectivity index (χ3v) is 5.53. The lowest BCUT2D eigenvalue weighted by molar-refractivity contribution is -0.116. The van der Waals surface area contributed by atoms with Crippen LogP contribution in [0.1, 0.15) is 19.8 Å². The largest absolute Gasteiger partial charge is 0.439 e. The Morgan fingerprint density at radius 1 is 1.26 bits per heavy atom. The maximum atomic E-state index is 13.0. The number of hydrogen-bond donors (Lipinski definition) is 0. The van der Waals surface area contributed by atoms with Gasteiger partial charge in [-0.05, 0) is 48.9 Å². The van der Waals surface area contributed by atoms with Gasteiger partial charge >= 0.3 is 0 Å². The highest BCUT2D eigenvalue weighted by Crippen LogP contribution is 2.37. The smallest absolute Gasteiger partial charge is 0.225 e. The van der Waals surface area contributed by atoms with Crippen molar-refractivity contribution in [2.24, 2.45) is 0 Å². The zero-order valence-electron chi connectivity index (χ0n) is 14.2. The van der Waals surface area contributed by atoms with Gasteiger partial charge in [0.15, 0.2) is 9.50 Å². The van der Waals surface area contributed by atoms with Gasteiger partial charge in [-0.1, -0.05) is 11.3 Å². The highest BCUT2D eigenvalue weighted by Gasteiger charge is 2.34. The third kappa shape index (κ3) is 4.40. The van der Waals surface area contributed by atoms with E-state index in [1.54, 1.807) is 17.2 Å². The number of hydrogen-bond acceptors (Lipinski definition) is 8. The predicted octanol–water partition coefficient (Wildman–Crippen LogP) is 3.93. The first-order chi connectivity index (χ1) is 13.1. The van der Waals surface area contributed by atoms with E-state index >= 15 is 0 Å². The molecule has 1 saturated carbocycles. The lowest BCUT2D eigenvalue weighted by Gasteiger charge is -2.15. The minimum absolute atomic E-state index is 0.0313. The molecule has 0 radical (unpaired) electrons. The van der Waals surface area contributed by atoms with E-state index in [4.69, 9.17) is 4.74 Å². The lowest BCUT2D eigenvalue weighted by atomic mass is 10.3. The highest BCUT2D eigenvalue weighted by molar-refractivity contribution is 8.00. The number of nitrogens with zero attached hydrogens (tertiary/aromatic N) is 5. The van der Waals surface area contributed by atoms with Crippen molar-refractivity contribution in [3.8, 4) is 11.6 Å². The summed E-state index contributed by atoms with van der Waals surface area (Å²) in [4.78, 5) is 22.0. The second kappa shape index (κ2) is 7.57. The Morgan fingerprint density at radius 3 is 2.74 bits per heavy atom. The predicted molar refractivity (Wildman–Crippen MR) is 98.7 cm³/mol. The van der Waals surface area contributed by atoms with Crippen molar-refractivity contribution >= 4 is 34.1 Å². The summed E-state index contributed by atoms with van der Waals surface area (Å²) < 4.78 is 19.2. The molecule has 1 aliphatic rings. The van der Waals surface area contributed by atoms with Crippen molar-refractivity contribution in [1.29, 1.82) is 0 Å². The third-order valence-electron chi connectivity index (χ3n) is 3.68. The van der Waals surface area contributed by atoms with Gasteiger partial charge in [-0.3, -0.25) is 9.69 Å². The molecule has 2 aromatic heterocycles. The first-order valence-electron chi connectivity index (χ1n) is 8.16. The van der Waals surface area contributed by atoms with Crippen LogP contribution in [-0.2, 0) is 4.79 Å². The molecule has 0 atom stereocenters. The van der Waals surface area contributed by atoms with E-state index in [0.717, 1.165) is 12.8 Å². The van der Waals surface area contributed by atoms with Crippen LogP contribution in [0, 0.1) is 5.82 Å². The number of aromatic nitrogens is 4. The van der Waals surface area contributed by atoms with E-state index in [9.17, 15) is 9.18 Å². The van der Waals surface area contributed by atoms with E-state index in [1.165, 1.54) is 54.3 Å². The molecule has 0 aliphatic heterocycles. The Bertz CT molecular complexity index is 962. The van der Waals surface area contributed by atoms with Crippen LogP contribution in [-0.4, -0.2) is 32.1 Å². The lowest BCUT2D eigenvalue weighted by Crippen LogP contribution is -2.30. The molecule has 3 aromatic rings. The zero-order chi connectivity index (χ0) is 18.8. The Hall–Kier alpha value is -2.59. The summed E-state index contributed by atoms with van der Waals surface area (Å²) in [5.41, 5.74) is 0. The second-order valence-corrected chi connectivity index (χ2v) is 7.98. The quantitative estimate of drug-likeness (QED) is 0.456. The number of rotatable bonds is 6. The Labute approximate surface area is 162 Å². The topological polar surface area (TPSA) is 81.1 Å². The van der Waals surface area contributed by atoms with E-state index in [1.807, 2.05) is 0 Å². The Balaban J connectivity index is 1.47. The molecule has 0 bridgehead atoms. The number of ether oxygens (including phenoxy) is 1. The fourth-order valence-corrected chi connectivity index (χ4v) is 4.15. The van der Waals surface area contributed by atoms with Crippen LogP contribution < -0.4 is 9.64 Å². The molecule has 7 nitrogen and oxygen atoms in total. The van der Waals surface area contributed by atoms with Crippen LogP contribution in [0.3, 0.4) is 0 Å². The van der Waals surface area contributed by atoms with Crippen molar-refractivity contribution in [3.05, 3.63) is 42.3 Å². The monoisotopic (exact) mass is 403 g/mol. The van der Waals surface area contributed by atoms with Gasteiger partial charge < -0.3 is 4.74 Å². The molecule has 1 aliphatic carbocycles. The molecular weight excluding hydrogens is 389 g/mol. The van der Waals surface area contributed by atoms with Gasteiger partial charge in [-0.2, -0.15) is 4.98 Å². The van der Waals surface area contributed by atoms with Crippen molar-refractivity contribution < 1.29 is 13.9 Å². The van der Waals surface area contributed by atoms with Crippen LogP contribution in [0.2, 0.25) is 0 Å². The van der Waals surface area contributed by atoms with Gasteiger partial charge in [0.05, 0.1) is 0 Å². The summed E-state index contributed by atoms with van der Waals surface area (Å²) >= 11 is 2.57. The van der Waals surface area contributed by atoms with Crippen LogP contribution in [0.15, 0.2) is 46.0 Å². The summed E-state index contributed by atoms with van der Waals surface area (Å²) in [5, 5.41) is 9.28. The summed E-state index contributed by atoms with van der Waals surface area (Å²) in [6.07, 6.45) is 3.56. The SMILES string of the molecule is CC(=O)N(c1nnc(Sc2nccc(Oc3ccc(F)cc3)n2)s1)C1CC1. The van der Waals surface area contributed by atoms with Crippen molar-refractivity contribution in [1.82, 2.24) is 20.2 Å². The average Bonchev–Trinajstić information content (AvgIpc) is 3.36. The maximum absolute atomic E-state index is 13.0. The number of carbonyl (C=O) groups excluding carboxylic acids is 1. The summed E-state index contributed by atoms with van der Waals surface area (Å²) in [6.45, 7) is 1.53. The molecule has 2 heterocycles. The molecule has 0 spiro atoms. The van der Waals surface area contributed by atoms with Crippen LogP contribution in [0.4, 0.5) is 9.52 Å². The highest BCUT2D eigenvalue weighted by atomic mass is 32.2. The van der Waals surface area contributed by atoms with Gasteiger partial charge in [-0.25, -0.2) is 9.37 Å². The second-order valence-electron chi connectivity index (χ2n) is 5.81. The summed E-state index contributed by atoms with van der Waals surface area (Å²) in [7, 11) is 0. The number of amides is 1. The number of halogens is 1. The average molecular weight is 403 g/mol. The van der Waals surface area contributed by atoms with Crippen molar-refractivity contribution in [2.45, 2.75) is 35.3 Å². The van der Waals surface area contributed by atoms with Crippen LogP contribution >= 0.6 is 23.1 Å². The number of carbonyl (C=O) groups is 1. The molecule has 27 heavy (non-hydrogen) atoms. The number of benzene rings is 1. The van der Waals surface area contributed by atoms with E-state index in [2.05, 4.69) is 20.2 Å². The van der Waals surface area contributed by atoms with Gasteiger partial charge in [0.25, 0.3) is 0 Å². The molecule has 10 heteroatoms. The van der Waals surface area contributed by atoms with Crippen LogP contribution in [0.25, 0.3) is 0 Å². The first-order valence-corrected chi connectivity index (χ1v) is 9.79. The number of anilines is 1. The molecule has 0 unspecified atom stereocenters. The molecule has 0 saturated heterocycles. The molecule has 138 valence electrons.